The summed E-state index contributed by atoms with van der Waals surface area (Å²) < 4.78 is 5.13. The van der Waals surface area contributed by atoms with Crippen LogP contribution in [0.4, 0.5) is 0 Å². The third kappa shape index (κ3) is 2.55. The summed E-state index contributed by atoms with van der Waals surface area (Å²) in [6, 6.07) is 6.80. The van der Waals surface area contributed by atoms with Crippen LogP contribution in [-0.4, -0.2) is 19.8 Å². The zero-order valence-corrected chi connectivity index (χ0v) is 11.3. The van der Waals surface area contributed by atoms with E-state index in [4.69, 9.17) is 10.00 Å². The van der Waals surface area contributed by atoms with Crippen LogP contribution in [0, 0.1) is 37.5 Å². The molecule has 0 radical (unpaired) electrons. The van der Waals surface area contributed by atoms with Crippen molar-refractivity contribution in [3.63, 3.8) is 0 Å². The molecule has 0 aromatic heterocycles. The van der Waals surface area contributed by atoms with Crippen molar-refractivity contribution in [2.45, 2.75) is 27.3 Å². The molecule has 0 saturated carbocycles. The lowest BCUT2D eigenvalue weighted by atomic mass is 9.88. The number of ether oxygens (including phenoxy) is 1. The van der Waals surface area contributed by atoms with Gasteiger partial charge in [-0.25, -0.2) is 0 Å². The van der Waals surface area contributed by atoms with Gasteiger partial charge in [0.25, 0.3) is 0 Å². The molecular formula is C15H20N2O. The highest BCUT2D eigenvalue weighted by Gasteiger charge is 2.38. The van der Waals surface area contributed by atoms with Gasteiger partial charge in [-0.15, -0.1) is 0 Å². The molecule has 96 valence electrons. The molecule has 2 rings (SSSR count). The zero-order valence-electron chi connectivity index (χ0n) is 11.3. The third-order valence-electron chi connectivity index (χ3n) is 3.72. The SMILES string of the molecule is Cc1cc(C)c(CNCC2(C#N)COC2)cc1C. The Morgan fingerprint density at radius 3 is 2.44 bits per heavy atom. The number of nitriles is 1. The smallest absolute Gasteiger partial charge is 0.116 e. The van der Waals surface area contributed by atoms with Crippen LogP contribution in [0.1, 0.15) is 22.3 Å². The topological polar surface area (TPSA) is 45.0 Å². The van der Waals surface area contributed by atoms with Gasteiger partial charge in [0.1, 0.15) is 5.41 Å². The summed E-state index contributed by atoms with van der Waals surface area (Å²) >= 11 is 0. The van der Waals surface area contributed by atoms with E-state index in [0.29, 0.717) is 19.8 Å². The van der Waals surface area contributed by atoms with Gasteiger partial charge in [0.2, 0.25) is 0 Å². The van der Waals surface area contributed by atoms with E-state index >= 15 is 0 Å². The molecule has 18 heavy (non-hydrogen) atoms. The van der Waals surface area contributed by atoms with Crippen LogP contribution in [0.15, 0.2) is 12.1 Å². The first-order valence-corrected chi connectivity index (χ1v) is 6.33. The van der Waals surface area contributed by atoms with E-state index in [1.54, 1.807) is 0 Å². The number of nitrogens with zero attached hydrogens (tertiary/aromatic N) is 1. The summed E-state index contributed by atoms with van der Waals surface area (Å²) in [5.74, 6) is 0. The highest BCUT2D eigenvalue weighted by molar-refractivity contribution is 5.36. The zero-order chi connectivity index (χ0) is 13.2. The van der Waals surface area contributed by atoms with Crippen LogP contribution in [0.5, 0.6) is 0 Å². The molecule has 1 fully saturated rings. The average molecular weight is 244 g/mol. The number of aryl methyl sites for hydroxylation is 3. The fourth-order valence-electron chi connectivity index (χ4n) is 2.20. The van der Waals surface area contributed by atoms with E-state index < -0.39 is 0 Å². The van der Waals surface area contributed by atoms with E-state index in [1.165, 1.54) is 22.3 Å². The van der Waals surface area contributed by atoms with Gasteiger partial charge in [0, 0.05) is 13.1 Å². The summed E-state index contributed by atoms with van der Waals surface area (Å²) in [5.41, 5.74) is 4.97. The van der Waals surface area contributed by atoms with E-state index in [-0.39, 0.29) is 5.41 Å². The monoisotopic (exact) mass is 244 g/mol. The Kier molecular flexibility index (Phi) is 3.70. The molecule has 0 unspecified atom stereocenters. The molecule has 1 aromatic carbocycles. The van der Waals surface area contributed by atoms with Crippen LogP contribution in [-0.2, 0) is 11.3 Å². The minimum atomic E-state index is -0.298. The van der Waals surface area contributed by atoms with Gasteiger partial charge in [-0.05, 0) is 43.0 Å². The van der Waals surface area contributed by atoms with Gasteiger partial charge >= 0.3 is 0 Å². The summed E-state index contributed by atoms with van der Waals surface area (Å²) in [5, 5.41) is 12.5. The second kappa shape index (κ2) is 5.09. The number of benzene rings is 1. The fraction of sp³-hybridized carbons (Fsp3) is 0.533. The molecule has 3 heteroatoms. The minimum absolute atomic E-state index is 0.298. The van der Waals surface area contributed by atoms with Crippen molar-refractivity contribution in [2.24, 2.45) is 5.41 Å². The average Bonchev–Trinajstić information content (AvgIpc) is 2.29. The highest BCUT2D eigenvalue weighted by Crippen LogP contribution is 2.25. The van der Waals surface area contributed by atoms with Crippen LogP contribution < -0.4 is 5.32 Å². The van der Waals surface area contributed by atoms with Crippen molar-refractivity contribution >= 4 is 0 Å². The van der Waals surface area contributed by atoms with Crippen molar-refractivity contribution in [2.75, 3.05) is 19.8 Å². The molecule has 0 amide bonds. The van der Waals surface area contributed by atoms with Gasteiger partial charge in [0.05, 0.1) is 19.3 Å². The quantitative estimate of drug-likeness (QED) is 0.883. The Labute approximate surface area is 109 Å². The lowest BCUT2D eigenvalue weighted by Gasteiger charge is -2.35. The molecule has 1 saturated heterocycles. The van der Waals surface area contributed by atoms with Crippen molar-refractivity contribution < 1.29 is 4.74 Å². The predicted octanol–water partition coefficient (Wildman–Crippen LogP) is 2.24. The first-order valence-electron chi connectivity index (χ1n) is 6.33. The van der Waals surface area contributed by atoms with Gasteiger partial charge in [-0.1, -0.05) is 12.1 Å². The molecule has 1 aliphatic heterocycles. The second-order valence-corrected chi connectivity index (χ2v) is 5.35. The first kappa shape index (κ1) is 13.1. The van der Waals surface area contributed by atoms with Crippen LogP contribution in [0.25, 0.3) is 0 Å². The molecule has 0 atom stereocenters. The largest absolute Gasteiger partial charge is 0.378 e. The molecule has 1 heterocycles. The lowest BCUT2D eigenvalue weighted by molar-refractivity contribution is -0.0755. The Hall–Kier alpha value is -1.37. The maximum absolute atomic E-state index is 9.10. The standard InChI is InChI=1S/C15H20N2O/c1-11-4-13(3)14(5-12(11)2)6-17-8-15(7-16)9-18-10-15/h4-5,17H,6,8-10H2,1-3H3. The maximum Gasteiger partial charge on any atom is 0.116 e. The maximum atomic E-state index is 9.10. The Balaban J connectivity index is 1.95. The van der Waals surface area contributed by atoms with Gasteiger partial charge in [-0.2, -0.15) is 5.26 Å². The minimum Gasteiger partial charge on any atom is -0.378 e. The van der Waals surface area contributed by atoms with E-state index in [2.05, 4.69) is 44.3 Å². The number of rotatable bonds is 4. The molecule has 1 N–H and O–H groups in total. The van der Waals surface area contributed by atoms with Gasteiger partial charge in [-0.3, -0.25) is 0 Å². The molecular weight excluding hydrogens is 224 g/mol. The molecule has 0 spiro atoms. The third-order valence-corrected chi connectivity index (χ3v) is 3.72. The van der Waals surface area contributed by atoms with Crippen LogP contribution in [0.3, 0.4) is 0 Å². The van der Waals surface area contributed by atoms with Gasteiger partial charge in [0.15, 0.2) is 0 Å². The molecule has 0 aliphatic carbocycles. The highest BCUT2D eigenvalue weighted by atomic mass is 16.5. The first-order chi connectivity index (χ1) is 8.56. The molecule has 3 nitrogen and oxygen atoms in total. The Morgan fingerprint density at radius 1 is 1.22 bits per heavy atom. The van der Waals surface area contributed by atoms with E-state index in [1.807, 2.05) is 0 Å². The second-order valence-electron chi connectivity index (χ2n) is 5.35. The van der Waals surface area contributed by atoms with Crippen molar-refractivity contribution in [3.05, 3.63) is 34.4 Å². The lowest BCUT2D eigenvalue weighted by Crippen LogP contribution is -2.48. The van der Waals surface area contributed by atoms with Gasteiger partial charge < -0.3 is 10.1 Å². The van der Waals surface area contributed by atoms with Crippen molar-refractivity contribution in [1.29, 1.82) is 5.26 Å². The fourth-order valence-corrected chi connectivity index (χ4v) is 2.20. The summed E-state index contributed by atoms with van der Waals surface area (Å²) in [4.78, 5) is 0. The van der Waals surface area contributed by atoms with Crippen molar-refractivity contribution in [1.82, 2.24) is 5.32 Å². The predicted molar refractivity (Wildman–Crippen MR) is 71.2 cm³/mol. The van der Waals surface area contributed by atoms with Crippen LogP contribution in [0.2, 0.25) is 0 Å². The number of hydrogen-bond donors (Lipinski definition) is 1. The van der Waals surface area contributed by atoms with Crippen molar-refractivity contribution in [3.8, 4) is 6.07 Å². The molecule has 1 aromatic rings. The summed E-state index contributed by atoms with van der Waals surface area (Å²) in [6.45, 7) is 9.04. The normalized spacial score (nSPS) is 17.0. The van der Waals surface area contributed by atoms with Crippen LogP contribution >= 0.6 is 0 Å². The van der Waals surface area contributed by atoms with E-state index in [9.17, 15) is 0 Å². The molecule has 0 bridgehead atoms. The summed E-state index contributed by atoms with van der Waals surface area (Å²) in [6.07, 6.45) is 0. The Morgan fingerprint density at radius 2 is 1.89 bits per heavy atom. The molecule has 1 aliphatic rings. The number of nitrogens with one attached hydrogen (secondary N) is 1. The number of hydrogen-bond acceptors (Lipinski definition) is 3. The summed E-state index contributed by atoms with van der Waals surface area (Å²) in [7, 11) is 0. The Bertz CT molecular complexity index is 484. The van der Waals surface area contributed by atoms with E-state index in [0.717, 1.165) is 6.54 Å².